The van der Waals surface area contributed by atoms with Crippen LogP contribution in [0.1, 0.15) is 0 Å². The summed E-state index contributed by atoms with van der Waals surface area (Å²) < 4.78 is 0. The summed E-state index contributed by atoms with van der Waals surface area (Å²) in [7, 11) is 0. The molecule has 0 atom stereocenters. The molecule has 0 radical (unpaired) electrons. The summed E-state index contributed by atoms with van der Waals surface area (Å²) in [6, 6.07) is 9.01. The van der Waals surface area contributed by atoms with Crippen LogP contribution in [-0.2, 0) is 0 Å². The van der Waals surface area contributed by atoms with Gasteiger partial charge in [-0.25, -0.2) is 0 Å². The third kappa shape index (κ3) is 1.50. The first kappa shape index (κ1) is 9.72. The average molecular weight is 225 g/mol. The van der Waals surface area contributed by atoms with Crippen molar-refractivity contribution in [2.24, 2.45) is 0 Å². The molecule has 3 aromatic rings. The van der Waals surface area contributed by atoms with Gasteiger partial charge < -0.3 is 15.8 Å². The van der Waals surface area contributed by atoms with Crippen LogP contribution in [0.15, 0.2) is 42.7 Å². The monoisotopic (exact) mass is 225 g/mol. The van der Waals surface area contributed by atoms with Gasteiger partial charge in [0.25, 0.3) is 0 Å². The van der Waals surface area contributed by atoms with E-state index in [9.17, 15) is 5.11 Å². The Morgan fingerprint density at radius 2 is 2.06 bits per heavy atom. The number of phenols is 1. The number of rotatable bonds is 1. The molecule has 0 unspecified atom stereocenters. The third-order valence-electron chi connectivity index (χ3n) is 2.75. The number of nitrogen functional groups attached to an aromatic ring is 1. The molecule has 2 aromatic heterocycles. The molecular weight excluding hydrogens is 214 g/mol. The number of nitrogens with zero attached hydrogens (tertiary/aromatic N) is 1. The van der Waals surface area contributed by atoms with E-state index in [-0.39, 0.29) is 5.75 Å². The lowest BCUT2D eigenvalue weighted by Crippen LogP contribution is -1.87. The fourth-order valence-corrected chi connectivity index (χ4v) is 1.93. The highest BCUT2D eigenvalue weighted by Crippen LogP contribution is 2.33. The molecule has 0 aliphatic carbocycles. The summed E-state index contributed by atoms with van der Waals surface area (Å²) >= 11 is 0. The maximum Gasteiger partial charge on any atom is 0.125 e. The average Bonchev–Trinajstić information content (AvgIpc) is 2.75. The van der Waals surface area contributed by atoms with Crippen LogP contribution >= 0.6 is 0 Å². The molecule has 3 rings (SSSR count). The Balaban J connectivity index is 2.27. The minimum Gasteiger partial charge on any atom is -0.507 e. The number of nitrogens with two attached hydrogens (primary N) is 1. The molecule has 17 heavy (non-hydrogen) atoms. The van der Waals surface area contributed by atoms with Crippen LogP contribution in [0.3, 0.4) is 0 Å². The standard InChI is InChI=1S/C13H11N3O/c14-8-4-5-10(15-6-8)9-7-16-11-2-1-3-12(17)13(9)11/h1-7,16-17H,14H2. The Kier molecular flexibility index (Phi) is 2.01. The highest BCUT2D eigenvalue weighted by Gasteiger charge is 2.10. The number of aromatic amines is 1. The quantitative estimate of drug-likeness (QED) is 0.595. The Morgan fingerprint density at radius 3 is 2.82 bits per heavy atom. The number of phenolic OH excluding ortho intramolecular Hbond substituents is 1. The van der Waals surface area contributed by atoms with E-state index in [1.165, 1.54) is 0 Å². The lowest BCUT2D eigenvalue weighted by Gasteiger charge is -2.01. The normalized spacial score (nSPS) is 10.8. The second-order valence-electron chi connectivity index (χ2n) is 3.88. The number of benzene rings is 1. The predicted octanol–water partition coefficient (Wildman–Crippen LogP) is 2.52. The number of aromatic hydroxyl groups is 1. The fourth-order valence-electron chi connectivity index (χ4n) is 1.93. The van der Waals surface area contributed by atoms with E-state index in [1.54, 1.807) is 24.4 Å². The zero-order valence-corrected chi connectivity index (χ0v) is 9.01. The molecule has 0 bridgehead atoms. The summed E-state index contributed by atoms with van der Waals surface area (Å²) in [6.07, 6.45) is 3.44. The van der Waals surface area contributed by atoms with Gasteiger partial charge in [0.2, 0.25) is 0 Å². The van der Waals surface area contributed by atoms with Crippen molar-refractivity contribution in [1.29, 1.82) is 0 Å². The summed E-state index contributed by atoms with van der Waals surface area (Å²) in [5, 5.41) is 10.7. The van der Waals surface area contributed by atoms with Gasteiger partial charge >= 0.3 is 0 Å². The van der Waals surface area contributed by atoms with Crippen molar-refractivity contribution < 1.29 is 5.11 Å². The predicted molar refractivity (Wildman–Crippen MR) is 67.6 cm³/mol. The molecule has 4 N–H and O–H groups in total. The van der Waals surface area contributed by atoms with Gasteiger partial charge in [0.1, 0.15) is 5.75 Å². The molecule has 0 saturated heterocycles. The van der Waals surface area contributed by atoms with Crippen molar-refractivity contribution in [2.75, 3.05) is 5.73 Å². The molecule has 4 nitrogen and oxygen atoms in total. The van der Waals surface area contributed by atoms with Crippen molar-refractivity contribution in [3.8, 4) is 17.0 Å². The minimum atomic E-state index is 0.248. The van der Waals surface area contributed by atoms with Gasteiger partial charge in [-0.3, -0.25) is 4.98 Å². The zero-order valence-electron chi connectivity index (χ0n) is 9.01. The van der Waals surface area contributed by atoms with Gasteiger partial charge in [0.05, 0.1) is 23.0 Å². The van der Waals surface area contributed by atoms with E-state index in [4.69, 9.17) is 5.73 Å². The number of hydrogen-bond donors (Lipinski definition) is 3. The summed E-state index contributed by atoms with van der Waals surface area (Å²) in [4.78, 5) is 7.37. The molecule has 0 saturated carbocycles. The number of pyridine rings is 1. The largest absolute Gasteiger partial charge is 0.507 e. The first-order valence-electron chi connectivity index (χ1n) is 5.26. The highest BCUT2D eigenvalue weighted by atomic mass is 16.3. The molecule has 1 aromatic carbocycles. The Morgan fingerprint density at radius 1 is 1.18 bits per heavy atom. The van der Waals surface area contributed by atoms with Gasteiger partial charge in [0.15, 0.2) is 0 Å². The Hall–Kier alpha value is -2.49. The first-order chi connectivity index (χ1) is 8.25. The number of nitrogens with one attached hydrogen (secondary N) is 1. The van der Waals surface area contributed by atoms with Crippen LogP contribution in [0.25, 0.3) is 22.2 Å². The maximum atomic E-state index is 9.88. The summed E-state index contributed by atoms with van der Waals surface area (Å²) in [5.74, 6) is 0.248. The van der Waals surface area contributed by atoms with Crippen molar-refractivity contribution >= 4 is 16.6 Å². The van der Waals surface area contributed by atoms with Gasteiger partial charge in [-0.2, -0.15) is 0 Å². The van der Waals surface area contributed by atoms with E-state index >= 15 is 0 Å². The number of anilines is 1. The number of H-pyrrole nitrogens is 1. The lowest BCUT2D eigenvalue weighted by molar-refractivity contribution is 0.482. The van der Waals surface area contributed by atoms with Gasteiger partial charge in [-0.05, 0) is 24.3 Å². The molecule has 84 valence electrons. The Labute approximate surface area is 97.7 Å². The molecule has 2 heterocycles. The fraction of sp³-hybridized carbons (Fsp3) is 0. The third-order valence-corrected chi connectivity index (χ3v) is 2.75. The minimum absolute atomic E-state index is 0.248. The van der Waals surface area contributed by atoms with Crippen molar-refractivity contribution in [1.82, 2.24) is 9.97 Å². The van der Waals surface area contributed by atoms with Crippen LogP contribution in [0.2, 0.25) is 0 Å². The van der Waals surface area contributed by atoms with Crippen LogP contribution < -0.4 is 5.73 Å². The molecule has 0 spiro atoms. The Bertz CT molecular complexity index is 671. The molecule has 0 aliphatic heterocycles. The molecule has 0 aliphatic rings. The number of hydrogen-bond acceptors (Lipinski definition) is 3. The number of aromatic nitrogens is 2. The molecule has 4 heteroatoms. The van der Waals surface area contributed by atoms with E-state index in [1.807, 2.05) is 18.3 Å². The van der Waals surface area contributed by atoms with Crippen LogP contribution in [0.5, 0.6) is 5.75 Å². The van der Waals surface area contributed by atoms with Crippen molar-refractivity contribution in [2.45, 2.75) is 0 Å². The van der Waals surface area contributed by atoms with E-state index in [2.05, 4.69) is 9.97 Å². The van der Waals surface area contributed by atoms with Crippen LogP contribution in [-0.4, -0.2) is 15.1 Å². The molecular formula is C13H11N3O. The molecule has 0 amide bonds. The van der Waals surface area contributed by atoms with Crippen molar-refractivity contribution in [3.63, 3.8) is 0 Å². The lowest BCUT2D eigenvalue weighted by atomic mass is 10.1. The number of fused-ring (bicyclic) bond motifs is 1. The van der Waals surface area contributed by atoms with E-state index < -0.39 is 0 Å². The second kappa shape index (κ2) is 3.52. The van der Waals surface area contributed by atoms with Crippen LogP contribution in [0, 0.1) is 0 Å². The second-order valence-corrected chi connectivity index (χ2v) is 3.88. The van der Waals surface area contributed by atoms with Crippen LogP contribution in [0.4, 0.5) is 5.69 Å². The first-order valence-corrected chi connectivity index (χ1v) is 5.26. The summed E-state index contributed by atoms with van der Waals surface area (Å²) in [6.45, 7) is 0. The molecule has 0 fully saturated rings. The van der Waals surface area contributed by atoms with Crippen molar-refractivity contribution in [3.05, 3.63) is 42.7 Å². The van der Waals surface area contributed by atoms with Gasteiger partial charge in [0, 0.05) is 17.3 Å². The summed E-state index contributed by atoms with van der Waals surface area (Å²) in [5.41, 5.74) is 8.77. The smallest absolute Gasteiger partial charge is 0.125 e. The topological polar surface area (TPSA) is 74.9 Å². The van der Waals surface area contributed by atoms with E-state index in [0.717, 1.165) is 22.2 Å². The van der Waals surface area contributed by atoms with E-state index in [0.29, 0.717) is 5.69 Å². The maximum absolute atomic E-state index is 9.88. The van der Waals surface area contributed by atoms with Gasteiger partial charge in [-0.1, -0.05) is 6.07 Å². The van der Waals surface area contributed by atoms with Gasteiger partial charge in [-0.15, -0.1) is 0 Å². The zero-order chi connectivity index (χ0) is 11.8. The highest BCUT2D eigenvalue weighted by molar-refractivity contribution is 5.98. The SMILES string of the molecule is Nc1ccc(-c2c[nH]c3cccc(O)c23)nc1.